The molecule has 0 aliphatic rings. The first kappa shape index (κ1) is 10.0. The predicted molar refractivity (Wildman–Crippen MR) is 51.7 cm³/mol. The van der Waals surface area contributed by atoms with Gasteiger partial charge in [-0.3, -0.25) is 4.84 Å². The van der Waals surface area contributed by atoms with E-state index in [1.807, 2.05) is 29.7 Å². The average molecular weight is 245 g/mol. The highest BCUT2D eigenvalue weighted by atomic mass is 79.9. The molecule has 0 aromatic heterocycles. The van der Waals surface area contributed by atoms with E-state index < -0.39 is 6.03 Å². The number of benzene rings is 1. The van der Waals surface area contributed by atoms with Crippen molar-refractivity contribution < 1.29 is 9.63 Å². The highest BCUT2D eigenvalue weighted by Crippen LogP contribution is 2.10. The Morgan fingerprint density at radius 3 is 2.62 bits per heavy atom. The lowest BCUT2D eigenvalue weighted by molar-refractivity contribution is 0.0521. The average Bonchev–Trinajstić information content (AvgIpc) is 2.08. The van der Waals surface area contributed by atoms with E-state index in [2.05, 4.69) is 15.9 Å². The Balaban J connectivity index is 2.37. The molecule has 1 aromatic carbocycles. The predicted octanol–water partition coefficient (Wildman–Crippen LogP) is 1.55. The number of nitrogens with one attached hydrogen (secondary N) is 1. The minimum Gasteiger partial charge on any atom is -0.350 e. The summed E-state index contributed by atoms with van der Waals surface area (Å²) in [7, 11) is 0. The summed E-state index contributed by atoms with van der Waals surface area (Å²) in [5.74, 6) is 0. The Bertz CT molecular complexity index is 287. The number of rotatable bonds is 3. The molecule has 0 unspecified atom stereocenters. The summed E-state index contributed by atoms with van der Waals surface area (Å²) in [6.45, 7) is 0.302. The molecule has 0 aliphatic heterocycles. The van der Waals surface area contributed by atoms with Gasteiger partial charge in [0.1, 0.15) is 0 Å². The molecule has 0 atom stereocenters. The van der Waals surface area contributed by atoms with Gasteiger partial charge in [0.2, 0.25) is 0 Å². The quantitative estimate of drug-likeness (QED) is 0.793. The van der Waals surface area contributed by atoms with Gasteiger partial charge in [-0.15, -0.1) is 0 Å². The van der Waals surface area contributed by atoms with Crippen LogP contribution < -0.4 is 11.2 Å². The summed E-state index contributed by atoms with van der Waals surface area (Å²) < 4.78 is 0.999. The van der Waals surface area contributed by atoms with E-state index in [4.69, 9.17) is 10.6 Å². The monoisotopic (exact) mass is 244 g/mol. The Kier molecular flexibility index (Phi) is 3.72. The van der Waals surface area contributed by atoms with Crippen LogP contribution in [0.15, 0.2) is 28.7 Å². The summed E-state index contributed by atoms with van der Waals surface area (Å²) in [4.78, 5) is 15.0. The molecular weight excluding hydrogens is 236 g/mol. The number of primary amides is 1. The first-order chi connectivity index (χ1) is 6.18. The van der Waals surface area contributed by atoms with E-state index in [1.54, 1.807) is 0 Å². The summed E-state index contributed by atoms with van der Waals surface area (Å²) >= 11 is 3.31. The number of urea groups is 1. The van der Waals surface area contributed by atoms with E-state index >= 15 is 0 Å². The molecule has 5 heteroatoms. The van der Waals surface area contributed by atoms with Gasteiger partial charge in [0.25, 0.3) is 0 Å². The van der Waals surface area contributed by atoms with Gasteiger partial charge in [0, 0.05) is 4.47 Å². The van der Waals surface area contributed by atoms with E-state index in [0.717, 1.165) is 10.0 Å². The van der Waals surface area contributed by atoms with Crippen LogP contribution in [0, 0.1) is 0 Å². The van der Waals surface area contributed by atoms with Gasteiger partial charge in [0.05, 0.1) is 6.61 Å². The van der Waals surface area contributed by atoms with Crippen LogP contribution in [-0.4, -0.2) is 6.03 Å². The molecule has 0 aliphatic carbocycles. The third-order valence-corrected chi connectivity index (χ3v) is 1.85. The number of nitrogens with two attached hydrogens (primary N) is 1. The Hall–Kier alpha value is -1.07. The van der Waals surface area contributed by atoms with Gasteiger partial charge in [0.15, 0.2) is 0 Å². The first-order valence-corrected chi connectivity index (χ1v) is 4.39. The van der Waals surface area contributed by atoms with Crippen LogP contribution in [-0.2, 0) is 11.4 Å². The number of carbonyl (C=O) groups excluding carboxylic acids is 1. The number of halogens is 1. The van der Waals surface area contributed by atoms with Crippen molar-refractivity contribution in [2.24, 2.45) is 5.73 Å². The molecule has 70 valence electrons. The van der Waals surface area contributed by atoms with E-state index in [9.17, 15) is 4.79 Å². The lowest BCUT2D eigenvalue weighted by atomic mass is 10.2. The topological polar surface area (TPSA) is 64.4 Å². The van der Waals surface area contributed by atoms with Gasteiger partial charge >= 0.3 is 6.03 Å². The maximum absolute atomic E-state index is 10.2. The summed E-state index contributed by atoms with van der Waals surface area (Å²) in [6.07, 6.45) is 0. The van der Waals surface area contributed by atoms with Crippen LogP contribution in [0.5, 0.6) is 0 Å². The van der Waals surface area contributed by atoms with Crippen LogP contribution in [0.4, 0.5) is 4.79 Å². The molecule has 0 saturated heterocycles. The van der Waals surface area contributed by atoms with E-state index in [-0.39, 0.29) is 0 Å². The van der Waals surface area contributed by atoms with Gasteiger partial charge in [-0.1, -0.05) is 28.1 Å². The number of hydrogen-bond acceptors (Lipinski definition) is 2. The molecule has 0 radical (unpaired) electrons. The molecule has 1 aromatic rings. The Labute approximate surface area is 84.1 Å². The van der Waals surface area contributed by atoms with Crippen LogP contribution >= 0.6 is 15.9 Å². The van der Waals surface area contributed by atoms with Crippen LogP contribution in [0.25, 0.3) is 0 Å². The molecule has 0 bridgehead atoms. The molecule has 2 amide bonds. The van der Waals surface area contributed by atoms with Crippen molar-refractivity contribution in [1.82, 2.24) is 5.48 Å². The van der Waals surface area contributed by atoms with Crippen LogP contribution in [0.2, 0.25) is 0 Å². The minimum absolute atomic E-state index is 0.302. The Morgan fingerprint density at radius 2 is 2.08 bits per heavy atom. The van der Waals surface area contributed by atoms with E-state index in [0.29, 0.717) is 6.61 Å². The summed E-state index contributed by atoms with van der Waals surface area (Å²) in [6, 6.07) is 6.85. The fourth-order valence-corrected chi connectivity index (χ4v) is 1.04. The number of carbonyl (C=O) groups is 1. The summed E-state index contributed by atoms with van der Waals surface area (Å²) in [5, 5.41) is 0. The van der Waals surface area contributed by atoms with Crippen molar-refractivity contribution >= 4 is 22.0 Å². The van der Waals surface area contributed by atoms with Crippen LogP contribution in [0.1, 0.15) is 5.56 Å². The molecule has 3 N–H and O–H groups in total. The molecule has 0 spiro atoms. The zero-order valence-corrected chi connectivity index (χ0v) is 8.37. The van der Waals surface area contributed by atoms with E-state index in [1.165, 1.54) is 0 Å². The maximum Gasteiger partial charge on any atom is 0.336 e. The second-order valence-electron chi connectivity index (χ2n) is 2.38. The van der Waals surface area contributed by atoms with Crippen molar-refractivity contribution in [2.75, 3.05) is 0 Å². The highest BCUT2D eigenvalue weighted by Gasteiger charge is 1.94. The molecular formula is C8H9BrN2O2. The molecule has 0 heterocycles. The Morgan fingerprint density at radius 1 is 1.46 bits per heavy atom. The number of hydrogen-bond donors (Lipinski definition) is 2. The minimum atomic E-state index is -0.697. The fourth-order valence-electron chi connectivity index (χ4n) is 0.771. The van der Waals surface area contributed by atoms with Crippen molar-refractivity contribution in [1.29, 1.82) is 0 Å². The largest absolute Gasteiger partial charge is 0.350 e. The lowest BCUT2D eigenvalue weighted by Gasteiger charge is -2.02. The molecule has 1 rings (SSSR count). The second kappa shape index (κ2) is 4.84. The van der Waals surface area contributed by atoms with Gasteiger partial charge < -0.3 is 5.73 Å². The molecule has 4 nitrogen and oxygen atoms in total. The number of hydroxylamine groups is 1. The number of amides is 2. The van der Waals surface area contributed by atoms with Gasteiger partial charge in [-0.05, 0) is 17.7 Å². The first-order valence-electron chi connectivity index (χ1n) is 3.60. The molecule has 0 fully saturated rings. The standard InChI is InChI=1S/C8H9BrN2O2/c9-7-3-1-6(2-4-7)5-13-11-8(10)12/h1-4H,5H2,(H3,10,11,12). The van der Waals surface area contributed by atoms with Gasteiger partial charge in [-0.25, -0.2) is 10.3 Å². The zero-order chi connectivity index (χ0) is 9.68. The van der Waals surface area contributed by atoms with Crippen LogP contribution in [0.3, 0.4) is 0 Å². The molecule has 13 heavy (non-hydrogen) atoms. The fraction of sp³-hybridized carbons (Fsp3) is 0.125. The summed E-state index contributed by atoms with van der Waals surface area (Å²) in [5.41, 5.74) is 7.79. The lowest BCUT2D eigenvalue weighted by Crippen LogP contribution is -2.29. The highest BCUT2D eigenvalue weighted by molar-refractivity contribution is 9.10. The van der Waals surface area contributed by atoms with Crippen molar-refractivity contribution in [3.05, 3.63) is 34.3 Å². The van der Waals surface area contributed by atoms with Gasteiger partial charge in [-0.2, -0.15) is 0 Å². The van der Waals surface area contributed by atoms with Crippen molar-refractivity contribution in [2.45, 2.75) is 6.61 Å². The molecule has 0 saturated carbocycles. The van der Waals surface area contributed by atoms with Crippen molar-refractivity contribution in [3.63, 3.8) is 0 Å². The normalized spacial score (nSPS) is 9.62. The zero-order valence-electron chi connectivity index (χ0n) is 6.79. The second-order valence-corrected chi connectivity index (χ2v) is 3.30. The smallest absolute Gasteiger partial charge is 0.336 e. The SMILES string of the molecule is NC(=O)NOCc1ccc(Br)cc1. The van der Waals surface area contributed by atoms with Crippen molar-refractivity contribution in [3.8, 4) is 0 Å². The maximum atomic E-state index is 10.2. The third kappa shape index (κ3) is 3.91. The third-order valence-electron chi connectivity index (χ3n) is 1.32.